The van der Waals surface area contributed by atoms with Gasteiger partial charge in [0.05, 0.1) is 24.3 Å². The number of aliphatic hydroxyl groups excluding tert-OH is 1. The average molecular weight is 386 g/mol. The number of hydrogen-bond donors (Lipinski definition) is 1. The quantitative estimate of drug-likeness (QED) is 0.788. The first-order chi connectivity index (χ1) is 13.2. The number of fused-ring (bicyclic) bond motifs is 3. The van der Waals surface area contributed by atoms with Crippen molar-refractivity contribution in [2.24, 2.45) is 0 Å². The number of benzene rings is 1. The van der Waals surface area contributed by atoms with Crippen LogP contribution in [0.5, 0.6) is 17.2 Å². The fourth-order valence-electron chi connectivity index (χ4n) is 3.87. The first-order valence-electron chi connectivity index (χ1n) is 9.93. The molecule has 2 aliphatic heterocycles. The number of allylic oxidation sites excluding steroid dienone is 1. The normalized spacial score (nSPS) is 21.3. The first kappa shape index (κ1) is 20.5. The topological polar surface area (TPSA) is 65.0 Å². The number of rotatable bonds is 5. The maximum Gasteiger partial charge on any atom is 0.174 e. The molecule has 1 aromatic rings. The van der Waals surface area contributed by atoms with Crippen LogP contribution in [0.1, 0.15) is 75.4 Å². The van der Waals surface area contributed by atoms with Crippen molar-refractivity contribution < 1.29 is 24.1 Å². The monoisotopic (exact) mass is 386 g/mol. The SMILES string of the molecule is CCC/C(=C/C(C)O)c1c2c(c3c(c1OC)C(=O)CC(C)O3)C=CC(C)(C)O2. The molecule has 1 N–H and O–H groups in total. The lowest BCUT2D eigenvalue weighted by Gasteiger charge is -2.35. The van der Waals surface area contributed by atoms with Crippen molar-refractivity contribution in [3.63, 3.8) is 0 Å². The molecule has 0 spiro atoms. The third-order valence-corrected chi connectivity index (χ3v) is 4.97. The van der Waals surface area contributed by atoms with Crippen LogP contribution in [0.15, 0.2) is 12.2 Å². The molecule has 0 saturated carbocycles. The van der Waals surface area contributed by atoms with Crippen LogP contribution in [0.25, 0.3) is 11.6 Å². The highest BCUT2D eigenvalue weighted by Crippen LogP contribution is 2.52. The molecule has 0 amide bonds. The van der Waals surface area contributed by atoms with Crippen LogP contribution in [0.2, 0.25) is 0 Å². The summed E-state index contributed by atoms with van der Waals surface area (Å²) in [4.78, 5) is 12.9. The Morgan fingerprint density at radius 2 is 2.14 bits per heavy atom. The summed E-state index contributed by atoms with van der Waals surface area (Å²) in [6.07, 6.45) is 6.83. The Morgan fingerprint density at radius 3 is 2.75 bits per heavy atom. The average Bonchev–Trinajstić information content (AvgIpc) is 2.58. The summed E-state index contributed by atoms with van der Waals surface area (Å²) in [7, 11) is 1.56. The molecule has 0 aliphatic carbocycles. The van der Waals surface area contributed by atoms with E-state index in [1.807, 2.05) is 32.9 Å². The van der Waals surface area contributed by atoms with E-state index in [1.54, 1.807) is 20.1 Å². The van der Waals surface area contributed by atoms with Crippen LogP contribution in [-0.4, -0.2) is 35.8 Å². The lowest BCUT2D eigenvalue weighted by atomic mass is 9.86. The Bertz CT molecular complexity index is 845. The molecule has 2 unspecified atom stereocenters. The molecule has 0 aromatic heterocycles. The van der Waals surface area contributed by atoms with E-state index in [-0.39, 0.29) is 11.9 Å². The molecular formula is C23H30O5. The molecule has 0 bridgehead atoms. The van der Waals surface area contributed by atoms with Gasteiger partial charge in [-0.2, -0.15) is 0 Å². The van der Waals surface area contributed by atoms with Gasteiger partial charge in [0.1, 0.15) is 34.5 Å². The van der Waals surface area contributed by atoms with E-state index >= 15 is 0 Å². The minimum atomic E-state index is -0.628. The lowest BCUT2D eigenvalue weighted by molar-refractivity contribution is 0.0862. The highest BCUT2D eigenvalue weighted by atomic mass is 16.5. The lowest BCUT2D eigenvalue weighted by Crippen LogP contribution is -2.31. The molecular weight excluding hydrogens is 356 g/mol. The standard InChI is InChI=1S/C23H30O5/c1-7-8-15(11-13(2)24)18-21-16(9-10-23(4,5)28-21)20-19(22(18)26-6)17(25)12-14(3)27-20/h9-11,13-14,24H,7-8,12H2,1-6H3/b15-11-. The summed E-state index contributed by atoms with van der Waals surface area (Å²) >= 11 is 0. The summed E-state index contributed by atoms with van der Waals surface area (Å²) in [6, 6.07) is 0. The largest absolute Gasteiger partial charge is 0.495 e. The zero-order valence-electron chi connectivity index (χ0n) is 17.6. The van der Waals surface area contributed by atoms with Gasteiger partial charge < -0.3 is 19.3 Å². The number of carbonyl (C=O) groups excluding carboxylic acids is 1. The number of Topliss-reactive ketones (excluding diaryl/α,β-unsaturated/α-hetero) is 1. The molecule has 2 aliphatic rings. The van der Waals surface area contributed by atoms with Crippen LogP contribution >= 0.6 is 0 Å². The second-order valence-corrected chi connectivity index (χ2v) is 8.13. The molecule has 5 heteroatoms. The molecule has 3 rings (SSSR count). The number of methoxy groups -OCH3 is 1. The summed E-state index contributed by atoms with van der Waals surface area (Å²) in [6.45, 7) is 9.64. The van der Waals surface area contributed by atoms with Crippen molar-refractivity contribution in [2.75, 3.05) is 7.11 Å². The van der Waals surface area contributed by atoms with Gasteiger partial charge in [-0.05, 0) is 51.8 Å². The highest BCUT2D eigenvalue weighted by molar-refractivity contribution is 6.06. The van der Waals surface area contributed by atoms with Gasteiger partial charge in [-0.25, -0.2) is 0 Å². The maximum absolute atomic E-state index is 12.9. The minimum Gasteiger partial charge on any atom is -0.495 e. The molecule has 1 aromatic carbocycles. The molecule has 28 heavy (non-hydrogen) atoms. The summed E-state index contributed by atoms with van der Waals surface area (Å²) in [5.41, 5.74) is 2.37. The minimum absolute atomic E-state index is 0.000721. The number of carbonyl (C=O) groups is 1. The van der Waals surface area contributed by atoms with E-state index in [9.17, 15) is 9.90 Å². The number of hydrogen-bond acceptors (Lipinski definition) is 5. The zero-order chi connectivity index (χ0) is 20.6. The van der Waals surface area contributed by atoms with E-state index < -0.39 is 11.7 Å². The van der Waals surface area contributed by atoms with Crippen LogP contribution in [0.4, 0.5) is 0 Å². The van der Waals surface area contributed by atoms with Crippen molar-refractivity contribution in [2.45, 2.75) is 71.7 Å². The third-order valence-electron chi connectivity index (χ3n) is 4.97. The van der Waals surface area contributed by atoms with E-state index in [2.05, 4.69) is 6.92 Å². The number of ketones is 1. The third kappa shape index (κ3) is 3.68. The number of aliphatic hydroxyl groups is 1. The van der Waals surface area contributed by atoms with Crippen molar-refractivity contribution in [3.05, 3.63) is 28.8 Å². The van der Waals surface area contributed by atoms with Crippen molar-refractivity contribution in [1.29, 1.82) is 0 Å². The molecule has 5 nitrogen and oxygen atoms in total. The van der Waals surface area contributed by atoms with Gasteiger partial charge in [0.2, 0.25) is 0 Å². The maximum atomic E-state index is 12.9. The Morgan fingerprint density at radius 1 is 1.43 bits per heavy atom. The molecule has 2 heterocycles. The van der Waals surface area contributed by atoms with Crippen LogP contribution in [0.3, 0.4) is 0 Å². The second-order valence-electron chi connectivity index (χ2n) is 8.13. The summed E-state index contributed by atoms with van der Waals surface area (Å²) in [5.74, 6) is 1.64. The van der Waals surface area contributed by atoms with Crippen LogP contribution in [-0.2, 0) is 0 Å². The van der Waals surface area contributed by atoms with E-state index in [0.717, 1.165) is 29.5 Å². The molecule has 2 atom stereocenters. The predicted molar refractivity (Wildman–Crippen MR) is 110 cm³/mol. The Kier molecular flexibility index (Phi) is 5.57. The van der Waals surface area contributed by atoms with Gasteiger partial charge in [0, 0.05) is 6.42 Å². The Hall–Kier alpha value is -2.27. The van der Waals surface area contributed by atoms with E-state index in [0.29, 0.717) is 29.2 Å². The smallest absolute Gasteiger partial charge is 0.174 e. The Balaban J connectivity index is 2.40. The fraction of sp³-hybridized carbons (Fsp3) is 0.522. The first-order valence-corrected chi connectivity index (χ1v) is 9.93. The van der Waals surface area contributed by atoms with Crippen molar-refractivity contribution >= 4 is 17.4 Å². The molecule has 0 radical (unpaired) electrons. The van der Waals surface area contributed by atoms with Crippen molar-refractivity contribution in [3.8, 4) is 17.2 Å². The summed E-state index contributed by atoms with van der Waals surface area (Å²) in [5, 5.41) is 10.0. The molecule has 0 fully saturated rings. The zero-order valence-corrected chi connectivity index (χ0v) is 17.6. The summed E-state index contributed by atoms with van der Waals surface area (Å²) < 4.78 is 18.2. The Labute approximate surface area is 167 Å². The second kappa shape index (κ2) is 7.63. The van der Waals surface area contributed by atoms with Gasteiger partial charge in [-0.1, -0.05) is 19.4 Å². The van der Waals surface area contributed by atoms with Gasteiger partial charge >= 0.3 is 0 Å². The van der Waals surface area contributed by atoms with Crippen molar-refractivity contribution in [1.82, 2.24) is 0 Å². The van der Waals surface area contributed by atoms with Gasteiger partial charge in [-0.15, -0.1) is 0 Å². The van der Waals surface area contributed by atoms with Gasteiger partial charge in [-0.3, -0.25) is 4.79 Å². The highest BCUT2D eigenvalue weighted by Gasteiger charge is 2.38. The predicted octanol–water partition coefficient (Wildman–Crippen LogP) is 4.80. The molecule has 0 saturated heterocycles. The fourth-order valence-corrected chi connectivity index (χ4v) is 3.87. The van der Waals surface area contributed by atoms with Gasteiger partial charge in [0.15, 0.2) is 5.78 Å². The van der Waals surface area contributed by atoms with Crippen LogP contribution in [0, 0.1) is 0 Å². The number of ether oxygens (including phenoxy) is 3. The van der Waals surface area contributed by atoms with E-state index in [4.69, 9.17) is 14.2 Å². The molecule has 152 valence electrons. The van der Waals surface area contributed by atoms with Gasteiger partial charge in [0.25, 0.3) is 0 Å². The van der Waals surface area contributed by atoms with Crippen LogP contribution < -0.4 is 14.2 Å². The van der Waals surface area contributed by atoms with E-state index in [1.165, 1.54) is 0 Å².